The number of ether oxygens (including phenoxy) is 1. The second kappa shape index (κ2) is 10.2. The SMILES string of the molecule is CC(C)(C)OC(O)N1CCC(n2nc(-c3cnn(Cc4cccc(C(F)(F)F)c4)c3)c(C#N)c2N)CC1. The quantitative estimate of drug-likeness (QED) is 0.475. The number of nitrogens with zero attached hydrogens (tertiary/aromatic N) is 6. The number of anilines is 1. The van der Waals surface area contributed by atoms with Crippen molar-refractivity contribution in [2.75, 3.05) is 18.8 Å². The summed E-state index contributed by atoms with van der Waals surface area (Å²) in [5.41, 5.74) is 6.68. The zero-order valence-corrected chi connectivity index (χ0v) is 20.9. The Morgan fingerprint density at radius 2 is 1.95 bits per heavy atom. The standard InChI is InChI=1S/C25H30F3N7O2/c1-24(2,3)37-23(36)33-9-7-19(8-10-33)35-22(30)20(12-29)21(32-35)17-13-31-34(15-17)14-16-5-4-6-18(11-16)25(26,27)28/h4-6,11,13,15,19,23,36H,7-10,14,30H2,1-3H3. The van der Waals surface area contributed by atoms with Crippen molar-refractivity contribution in [2.24, 2.45) is 0 Å². The molecule has 37 heavy (non-hydrogen) atoms. The molecule has 0 amide bonds. The lowest BCUT2D eigenvalue weighted by molar-refractivity contribution is -0.243. The molecule has 0 aliphatic carbocycles. The largest absolute Gasteiger partial charge is 0.416 e. The summed E-state index contributed by atoms with van der Waals surface area (Å²) in [7, 11) is 0. The van der Waals surface area contributed by atoms with Crippen molar-refractivity contribution >= 4 is 5.82 Å². The van der Waals surface area contributed by atoms with Gasteiger partial charge in [-0.1, -0.05) is 12.1 Å². The van der Waals surface area contributed by atoms with Gasteiger partial charge in [0.05, 0.1) is 29.9 Å². The lowest BCUT2D eigenvalue weighted by Gasteiger charge is -2.37. The second-order valence-corrected chi connectivity index (χ2v) is 10.1. The van der Waals surface area contributed by atoms with E-state index in [1.54, 1.807) is 16.9 Å². The average molecular weight is 518 g/mol. The molecule has 12 heteroatoms. The summed E-state index contributed by atoms with van der Waals surface area (Å²) < 4.78 is 47.9. The Kier molecular flexibility index (Phi) is 7.32. The van der Waals surface area contributed by atoms with Crippen molar-refractivity contribution in [3.63, 3.8) is 0 Å². The minimum atomic E-state index is -4.43. The Labute approximate surface area is 212 Å². The number of aliphatic hydroxyl groups excluding tert-OH is 1. The number of halogens is 3. The first kappa shape index (κ1) is 26.7. The van der Waals surface area contributed by atoms with Gasteiger partial charge in [-0.15, -0.1) is 0 Å². The molecule has 0 bridgehead atoms. The van der Waals surface area contributed by atoms with Crippen molar-refractivity contribution in [2.45, 2.75) is 64.4 Å². The van der Waals surface area contributed by atoms with Crippen LogP contribution in [0.3, 0.4) is 0 Å². The predicted molar refractivity (Wildman–Crippen MR) is 130 cm³/mol. The van der Waals surface area contributed by atoms with Gasteiger partial charge in [-0.05, 0) is 51.3 Å². The lowest BCUT2D eigenvalue weighted by atomic mass is 10.1. The van der Waals surface area contributed by atoms with E-state index in [9.17, 15) is 23.5 Å². The van der Waals surface area contributed by atoms with Crippen LogP contribution in [0.4, 0.5) is 19.0 Å². The van der Waals surface area contributed by atoms with Crippen LogP contribution in [0.2, 0.25) is 0 Å². The van der Waals surface area contributed by atoms with E-state index in [1.165, 1.54) is 16.9 Å². The maximum absolute atomic E-state index is 13.0. The number of nitrogen functional groups attached to an aromatic ring is 1. The van der Waals surface area contributed by atoms with Crippen LogP contribution in [0.1, 0.15) is 56.3 Å². The highest BCUT2D eigenvalue weighted by Gasteiger charge is 2.31. The van der Waals surface area contributed by atoms with Gasteiger partial charge in [0, 0.05) is 24.8 Å². The Morgan fingerprint density at radius 1 is 1.24 bits per heavy atom. The molecule has 4 rings (SSSR count). The molecule has 1 aromatic carbocycles. The third kappa shape index (κ3) is 6.12. The molecule has 1 saturated heterocycles. The molecule has 3 heterocycles. The van der Waals surface area contributed by atoms with E-state index >= 15 is 0 Å². The minimum Gasteiger partial charge on any atom is -0.383 e. The van der Waals surface area contributed by atoms with E-state index in [0.29, 0.717) is 42.8 Å². The molecule has 2 aromatic heterocycles. The summed E-state index contributed by atoms with van der Waals surface area (Å²) in [4.78, 5) is 1.84. The first-order valence-corrected chi connectivity index (χ1v) is 11.9. The molecule has 1 aliphatic heterocycles. The number of likely N-dealkylation sites (tertiary alicyclic amines) is 1. The second-order valence-electron chi connectivity index (χ2n) is 10.1. The fraction of sp³-hybridized carbons (Fsp3) is 0.480. The van der Waals surface area contributed by atoms with Crippen LogP contribution in [0.5, 0.6) is 0 Å². The molecule has 3 N–H and O–H groups in total. The first-order valence-electron chi connectivity index (χ1n) is 11.9. The smallest absolute Gasteiger partial charge is 0.383 e. The monoisotopic (exact) mass is 517 g/mol. The van der Waals surface area contributed by atoms with Crippen molar-refractivity contribution < 1.29 is 23.0 Å². The van der Waals surface area contributed by atoms with Crippen molar-refractivity contribution in [3.05, 3.63) is 53.3 Å². The maximum Gasteiger partial charge on any atom is 0.416 e. The maximum atomic E-state index is 13.0. The van der Waals surface area contributed by atoms with Gasteiger partial charge in [-0.2, -0.15) is 28.6 Å². The van der Waals surface area contributed by atoms with Crippen LogP contribution >= 0.6 is 0 Å². The van der Waals surface area contributed by atoms with Gasteiger partial charge < -0.3 is 15.6 Å². The van der Waals surface area contributed by atoms with Crippen molar-refractivity contribution in [3.8, 4) is 17.3 Å². The molecule has 1 aliphatic rings. The van der Waals surface area contributed by atoms with E-state index in [4.69, 9.17) is 10.5 Å². The number of aliphatic hydroxyl groups is 1. The minimum absolute atomic E-state index is 0.0703. The summed E-state index contributed by atoms with van der Waals surface area (Å²) in [5, 5.41) is 29.0. The molecule has 3 aromatic rings. The molecule has 1 atom stereocenters. The van der Waals surface area contributed by atoms with Crippen molar-refractivity contribution in [1.82, 2.24) is 24.5 Å². The highest BCUT2D eigenvalue weighted by atomic mass is 19.4. The van der Waals surface area contributed by atoms with Crippen LogP contribution < -0.4 is 5.73 Å². The number of aromatic nitrogens is 4. The van der Waals surface area contributed by atoms with Crippen LogP contribution in [-0.2, 0) is 17.5 Å². The van der Waals surface area contributed by atoms with Gasteiger partial charge in [0.15, 0.2) is 0 Å². The zero-order chi connectivity index (χ0) is 27.0. The lowest BCUT2D eigenvalue weighted by Crippen LogP contribution is -2.46. The summed E-state index contributed by atoms with van der Waals surface area (Å²) >= 11 is 0. The molecule has 0 radical (unpaired) electrons. The Bertz CT molecular complexity index is 1280. The number of benzene rings is 1. The van der Waals surface area contributed by atoms with Crippen molar-refractivity contribution in [1.29, 1.82) is 5.26 Å². The van der Waals surface area contributed by atoms with Crippen LogP contribution in [0, 0.1) is 11.3 Å². The molecular formula is C25H30F3N7O2. The van der Waals surface area contributed by atoms with E-state index in [0.717, 1.165) is 12.1 Å². The summed E-state index contributed by atoms with van der Waals surface area (Å²) in [5.74, 6) is 0.244. The number of rotatable bonds is 6. The summed E-state index contributed by atoms with van der Waals surface area (Å²) in [6.07, 6.45) is -0.987. The molecule has 1 fully saturated rings. The molecule has 1 unspecified atom stereocenters. The average Bonchev–Trinajstić information content (AvgIpc) is 3.41. The summed E-state index contributed by atoms with van der Waals surface area (Å²) in [6.45, 7) is 6.88. The first-order chi connectivity index (χ1) is 17.4. The number of nitriles is 1. The Balaban J connectivity index is 1.50. The Hall–Kier alpha value is -3.40. The third-order valence-corrected chi connectivity index (χ3v) is 6.18. The van der Waals surface area contributed by atoms with Gasteiger partial charge in [-0.25, -0.2) is 4.68 Å². The zero-order valence-electron chi connectivity index (χ0n) is 20.9. The van der Waals surface area contributed by atoms with E-state index in [-0.39, 0.29) is 24.0 Å². The number of nitrogens with two attached hydrogens (primary N) is 1. The topological polar surface area (TPSA) is 118 Å². The van der Waals surface area contributed by atoms with Gasteiger partial charge in [0.1, 0.15) is 23.1 Å². The highest BCUT2D eigenvalue weighted by Crippen LogP contribution is 2.33. The normalized spacial score (nSPS) is 16.6. The molecule has 9 nitrogen and oxygen atoms in total. The molecule has 0 saturated carbocycles. The fourth-order valence-corrected chi connectivity index (χ4v) is 4.39. The van der Waals surface area contributed by atoms with Crippen LogP contribution in [0.15, 0.2) is 36.7 Å². The molecule has 198 valence electrons. The number of piperidine rings is 1. The predicted octanol–water partition coefficient (Wildman–Crippen LogP) is 4.00. The van der Waals surface area contributed by atoms with Crippen LogP contribution in [0.25, 0.3) is 11.3 Å². The van der Waals surface area contributed by atoms with E-state index in [1.807, 2.05) is 25.7 Å². The molecular weight excluding hydrogens is 487 g/mol. The fourth-order valence-electron chi connectivity index (χ4n) is 4.39. The van der Waals surface area contributed by atoms with Crippen LogP contribution in [-0.4, -0.2) is 54.7 Å². The third-order valence-electron chi connectivity index (χ3n) is 6.18. The Morgan fingerprint density at radius 3 is 2.57 bits per heavy atom. The van der Waals surface area contributed by atoms with Gasteiger partial charge in [-0.3, -0.25) is 9.58 Å². The van der Waals surface area contributed by atoms with E-state index in [2.05, 4.69) is 16.3 Å². The van der Waals surface area contributed by atoms with Gasteiger partial charge in [0.2, 0.25) is 6.41 Å². The number of hydrogen-bond donors (Lipinski definition) is 2. The highest BCUT2D eigenvalue weighted by molar-refractivity contribution is 5.71. The van der Waals surface area contributed by atoms with Gasteiger partial charge in [0.25, 0.3) is 0 Å². The van der Waals surface area contributed by atoms with E-state index < -0.39 is 23.8 Å². The number of alkyl halides is 3. The number of hydrogen-bond acceptors (Lipinski definition) is 7. The summed E-state index contributed by atoms with van der Waals surface area (Å²) in [6, 6.07) is 7.11. The molecule has 0 spiro atoms. The van der Waals surface area contributed by atoms with Gasteiger partial charge >= 0.3 is 6.18 Å².